The molecule has 0 unspecified atom stereocenters. The molecule has 0 amide bonds. The van der Waals surface area contributed by atoms with Gasteiger partial charge in [-0.1, -0.05) is 0 Å². The van der Waals surface area contributed by atoms with Crippen LogP contribution >= 0.6 is 11.6 Å². The van der Waals surface area contributed by atoms with Crippen molar-refractivity contribution >= 4 is 29.1 Å². The second kappa shape index (κ2) is 5.24. The number of rotatable bonds is 3. The number of nitrogens with zero attached hydrogens (tertiary/aromatic N) is 2. The number of benzene rings is 1. The Morgan fingerprint density at radius 2 is 2.11 bits per heavy atom. The molecule has 1 aromatic carbocycles. The molecule has 2 rings (SSSR count). The first kappa shape index (κ1) is 13.3. The van der Waals surface area contributed by atoms with E-state index in [2.05, 4.69) is 15.3 Å². The maximum atomic E-state index is 11.2. The van der Waals surface area contributed by atoms with Gasteiger partial charge in [0.1, 0.15) is 5.82 Å². The zero-order valence-electron chi connectivity index (χ0n) is 10.4. The first-order valence-electron chi connectivity index (χ1n) is 5.57. The van der Waals surface area contributed by atoms with Gasteiger partial charge in [0.15, 0.2) is 0 Å². The summed E-state index contributed by atoms with van der Waals surface area (Å²) in [7, 11) is 0. The van der Waals surface area contributed by atoms with Gasteiger partial charge in [-0.25, -0.2) is 14.8 Å². The van der Waals surface area contributed by atoms with Crippen LogP contribution in [0.2, 0.25) is 5.28 Å². The van der Waals surface area contributed by atoms with Gasteiger partial charge in [0.2, 0.25) is 5.28 Å². The maximum absolute atomic E-state index is 11.2. The van der Waals surface area contributed by atoms with E-state index in [0.29, 0.717) is 11.5 Å². The molecule has 0 radical (unpaired) electrons. The van der Waals surface area contributed by atoms with Crippen LogP contribution < -0.4 is 5.32 Å². The Bertz CT molecular complexity index is 644. The number of nitrogens with one attached hydrogen (secondary N) is 1. The van der Waals surface area contributed by atoms with E-state index in [9.17, 15) is 4.79 Å². The summed E-state index contributed by atoms with van der Waals surface area (Å²) < 4.78 is 0. The standard InChI is InChI=1S/C13H12ClN3O2/c1-7-5-9(6-10(8(7)2)12(18)19)16-11-3-4-15-13(14)17-11/h3-6H,1-2H3,(H,18,19)(H,15,16,17). The highest BCUT2D eigenvalue weighted by Gasteiger charge is 2.11. The molecule has 0 aliphatic carbocycles. The van der Waals surface area contributed by atoms with Crippen LogP contribution in [0.5, 0.6) is 0 Å². The van der Waals surface area contributed by atoms with E-state index in [1.165, 1.54) is 6.20 Å². The molecule has 0 aliphatic heterocycles. The van der Waals surface area contributed by atoms with Gasteiger partial charge in [0.05, 0.1) is 5.56 Å². The van der Waals surface area contributed by atoms with E-state index in [1.807, 2.05) is 13.0 Å². The number of aromatic nitrogens is 2. The highest BCUT2D eigenvalue weighted by molar-refractivity contribution is 6.28. The first-order chi connectivity index (χ1) is 8.97. The molecule has 0 spiro atoms. The monoisotopic (exact) mass is 277 g/mol. The Balaban J connectivity index is 2.38. The Morgan fingerprint density at radius 1 is 1.37 bits per heavy atom. The fraction of sp³-hybridized carbons (Fsp3) is 0.154. The smallest absolute Gasteiger partial charge is 0.336 e. The summed E-state index contributed by atoms with van der Waals surface area (Å²) in [6.45, 7) is 3.64. The summed E-state index contributed by atoms with van der Waals surface area (Å²) in [5.74, 6) is -0.440. The predicted octanol–water partition coefficient (Wildman–Crippen LogP) is 3.19. The van der Waals surface area contributed by atoms with Crippen molar-refractivity contribution < 1.29 is 9.90 Å². The fourth-order valence-corrected chi connectivity index (χ4v) is 1.85. The van der Waals surface area contributed by atoms with Crippen LogP contribution in [0, 0.1) is 13.8 Å². The molecule has 1 aromatic heterocycles. The predicted molar refractivity (Wildman–Crippen MR) is 73.2 cm³/mol. The molecule has 19 heavy (non-hydrogen) atoms. The Morgan fingerprint density at radius 3 is 2.74 bits per heavy atom. The first-order valence-corrected chi connectivity index (χ1v) is 5.95. The molecular weight excluding hydrogens is 266 g/mol. The molecule has 0 aliphatic rings. The van der Waals surface area contributed by atoms with Gasteiger partial charge in [-0.3, -0.25) is 0 Å². The zero-order valence-corrected chi connectivity index (χ0v) is 11.2. The minimum absolute atomic E-state index is 0.132. The Hall–Kier alpha value is -2.14. The van der Waals surface area contributed by atoms with Crippen molar-refractivity contribution in [1.82, 2.24) is 9.97 Å². The number of carboxylic acid groups (broad SMARTS) is 1. The van der Waals surface area contributed by atoms with E-state index in [-0.39, 0.29) is 10.8 Å². The topological polar surface area (TPSA) is 75.1 Å². The molecule has 0 fully saturated rings. The molecule has 2 aromatic rings. The molecule has 0 bridgehead atoms. The average molecular weight is 278 g/mol. The molecule has 5 nitrogen and oxygen atoms in total. The molecular formula is C13H12ClN3O2. The molecule has 98 valence electrons. The lowest BCUT2D eigenvalue weighted by atomic mass is 10.0. The van der Waals surface area contributed by atoms with Gasteiger partial charge in [-0.05, 0) is 54.8 Å². The number of carboxylic acids is 1. The molecule has 0 atom stereocenters. The summed E-state index contributed by atoms with van der Waals surface area (Å²) in [6.07, 6.45) is 1.52. The van der Waals surface area contributed by atoms with Crippen molar-refractivity contribution in [2.24, 2.45) is 0 Å². The van der Waals surface area contributed by atoms with Gasteiger partial charge in [0.25, 0.3) is 0 Å². The quantitative estimate of drug-likeness (QED) is 0.843. The lowest BCUT2D eigenvalue weighted by Gasteiger charge is -2.11. The third-order valence-electron chi connectivity index (χ3n) is 2.80. The second-order valence-corrected chi connectivity index (χ2v) is 4.44. The third kappa shape index (κ3) is 3.00. The minimum atomic E-state index is -0.954. The van der Waals surface area contributed by atoms with Crippen LogP contribution in [-0.2, 0) is 0 Å². The van der Waals surface area contributed by atoms with Crippen LogP contribution in [0.3, 0.4) is 0 Å². The van der Waals surface area contributed by atoms with Crippen molar-refractivity contribution in [3.8, 4) is 0 Å². The van der Waals surface area contributed by atoms with Crippen molar-refractivity contribution in [2.45, 2.75) is 13.8 Å². The van der Waals surface area contributed by atoms with E-state index in [0.717, 1.165) is 11.1 Å². The van der Waals surface area contributed by atoms with E-state index < -0.39 is 5.97 Å². The van der Waals surface area contributed by atoms with Gasteiger partial charge in [-0.2, -0.15) is 0 Å². The molecule has 0 saturated heterocycles. The van der Waals surface area contributed by atoms with Crippen molar-refractivity contribution in [3.63, 3.8) is 0 Å². The highest BCUT2D eigenvalue weighted by atomic mass is 35.5. The van der Waals surface area contributed by atoms with E-state index >= 15 is 0 Å². The summed E-state index contributed by atoms with van der Waals surface area (Å²) in [6, 6.07) is 5.08. The number of halogens is 1. The highest BCUT2D eigenvalue weighted by Crippen LogP contribution is 2.22. The normalized spacial score (nSPS) is 10.3. The largest absolute Gasteiger partial charge is 0.478 e. The number of carbonyl (C=O) groups is 1. The van der Waals surface area contributed by atoms with E-state index in [4.69, 9.17) is 16.7 Å². The van der Waals surface area contributed by atoms with E-state index in [1.54, 1.807) is 19.1 Å². The van der Waals surface area contributed by atoms with Crippen LogP contribution in [0.25, 0.3) is 0 Å². The van der Waals surface area contributed by atoms with Crippen molar-refractivity contribution in [2.75, 3.05) is 5.32 Å². The second-order valence-electron chi connectivity index (χ2n) is 4.11. The van der Waals surface area contributed by atoms with Crippen LogP contribution in [-0.4, -0.2) is 21.0 Å². The number of anilines is 2. The molecule has 0 saturated carbocycles. The number of aryl methyl sites for hydroxylation is 1. The Labute approximate surface area is 115 Å². The lowest BCUT2D eigenvalue weighted by Crippen LogP contribution is -2.04. The summed E-state index contributed by atoms with van der Waals surface area (Å²) >= 11 is 5.69. The number of hydrogen-bond donors (Lipinski definition) is 2. The van der Waals surface area contributed by atoms with Gasteiger partial charge in [-0.15, -0.1) is 0 Å². The summed E-state index contributed by atoms with van der Waals surface area (Å²) in [4.78, 5) is 18.9. The van der Waals surface area contributed by atoms with Gasteiger partial charge >= 0.3 is 5.97 Å². The fourth-order valence-electron chi connectivity index (χ4n) is 1.71. The molecule has 2 N–H and O–H groups in total. The van der Waals surface area contributed by atoms with Crippen LogP contribution in [0.15, 0.2) is 24.4 Å². The number of aromatic carboxylic acids is 1. The molecule has 6 heteroatoms. The van der Waals surface area contributed by atoms with Crippen molar-refractivity contribution in [1.29, 1.82) is 0 Å². The molecule has 1 heterocycles. The average Bonchev–Trinajstić information content (AvgIpc) is 2.33. The summed E-state index contributed by atoms with van der Waals surface area (Å²) in [5.41, 5.74) is 2.55. The SMILES string of the molecule is Cc1cc(Nc2ccnc(Cl)n2)cc(C(=O)O)c1C. The van der Waals surface area contributed by atoms with Crippen LogP contribution in [0.4, 0.5) is 11.5 Å². The lowest BCUT2D eigenvalue weighted by molar-refractivity contribution is 0.0696. The minimum Gasteiger partial charge on any atom is -0.478 e. The van der Waals surface area contributed by atoms with Crippen LogP contribution in [0.1, 0.15) is 21.5 Å². The maximum Gasteiger partial charge on any atom is 0.336 e. The summed E-state index contributed by atoms with van der Waals surface area (Å²) in [5, 5.41) is 12.3. The van der Waals surface area contributed by atoms with Gasteiger partial charge in [0, 0.05) is 11.9 Å². The number of hydrogen-bond acceptors (Lipinski definition) is 4. The van der Waals surface area contributed by atoms with Gasteiger partial charge < -0.3 is 10.4 Å². The van der Waals surface area contributed by atoms with Crippen molar-refractivity contribution in [3.05, 3.63) is 46.4 Å². The Kier molecular flexibility index (Phi) is 3.66. The zero-order chi connectivity index (χ0) is 14.0. The third-order valence-corrected chi connectivity index (χ3v) is 2.98.